The van der Waals surface area contributed by atoms with Crippen molar-refractivity contribution < 1.29 is 5.21 Å². The average Bonchev–Trinajstić information content (AvgIpc) is 2.40. The Bertz CT molecular complexity index is 216. The molecule has 0 aliphatic rings. The maximum atomic E-state index is 8.32. The van der Waals surface area contributed by atoms with Crippen molar-refractivity contribution in [2.24, 2.45) is 5.16 Å². The van der Waals surface area contributed by atoms with Crippen molar-refractivity contribution in [3.8, 4) is 0 Å². The van der Waals surface area contributed by atoms with E-state index in [0.29, 0.717) is 0 Å². The van der Waals surface area contributed by atoms with Crippen LogP contribution in [0, 0.1) is 0 Å². The smallest absolute Gasteiger partial charge is 0.0583 e. The maximum absolute atomic E-state index is 8.32. The molecular formula is C7H9NOS. The Labute approximate surface area is 63.8 Å². The Balaban J connectivity index is 2.56. The fraction of sp³-hybridized carbons (Fsp3) is 0.286. The fourth-order valence-electron chi connectivity index (χ4n) is 0.724. The molecule has 54 valence electrons. The SMILES string of the molecule is C/C(Cc1ccsc1)=N/O. The highest BCUT2D eigenvalue weighted by Gasteiger charge is 1.94. The minimum atomic E-state index is 0.749. The van der Waals surface area contributed by atoms with Crippen LogP contribution in [0.25, 0.3) is 0 Å². The Kier molecular flexibility index (Phi) is 2.45. The molecule has 1 rings (SSSR count). The zero-order valence-electron chi connectivity index (χ0n) is 5.74. The molecule has 0 fully saturated rings. The molecule has 1 heterocycles. The van der Waals surface area contributed by atoms with Crippen LogP contribution in [-0.4, -0.2) is 10.9 Å². The molecule has 0 saturated carbocycles. The fourth-order valence-corrected chi connectivity index (χ4v) is 1.39. The van der Waals surface area contributed by atoms with E-state index in [-0.39, 0.29) is 0 Å². The van der Waals surface area contributed by atoms with Crippen molar-refractivity contribution in [3.63, 3.8) is 0 Å². The summed E-state index contributed by atoms with van der Waals surface area (Å²) in [6.45, 7) is 1.80. The first kappa shape index (κ1) is 7.28. The molecule has 0 saturated heterocycles. The van der Waals surface area contributed by atoms with Gasteiger partial charge >= 0.3 is 0 Å². The van der Waals surface area contributed by atoms with Crippen molar-refractivity contribution in [2.45, 2.75) is 13.3 Å². The number of oxime groups is 1. The lowest BCUT2D eigenvalue weighted by atomic mass is 10.2. The molecule has 2 nitrogen and oxygen atoms in total. The molecule has 0 aliphatic carbocycles. The second kappa shape index (κ2) is 3.37. The average molecular weight is 155 g/mol. The van der Waals surface area contributed by atoms with Crippen LogP contribution >= 0.6 is 11.3 Å². The van der Waals surface area contributed by atoms with Crippen LogP contribution in [0.15, 0.2) is 22.0 Å². The van der Waals surface area contributed by atoms with E-state index >= 15 is 0 Å². The minimum Gasteiger partial charge on any atom is -0.411 e. The van der Waals surface area contributed by atoms with E-state index in [4.69, 9.17) is 5.21 Å². The maximum Gasteiger partial charge on any atom is 0.0583 e. The van der Waals surface area contributed by atoms with E-state index in [0.717, 1.165) is 12.1 Å². The first-order chi connectivity index (χ1) is 4.83. The van der Waals surface area contributed by atoms with Crippen molar-refractivity contribution in [3.05, 3.63) is 22.4 Å². The molecule has 1 aromatic heterocycles. The lowest BCUT2D eigenvalue weighted by Gasteiger charge is -1.91. The Hall–Kier alpha value is -0.830. The van der Waals surface area contributed by atoms with Gasteiger partial charge in [0.15, 0.2) is 0 Å². The molecule has 0 aromatic carbocycles. The Morgan fingerprint density at radius 3 is 3.10 bits per heavy atom. The predicted molar refractivity (Wildman–Crippen MR) is 42.9 cm³/mol. The van der Waals surface area contributed by atoms with Gasteiger partial charge in [-0.3, -0.25) is 0 Å². The van der Waals surface area contributed by atoms with Gasteiger partial charge in [-0.15, -0.1) is 0 Å². The van der Waals surface area contributed by atoms with Crippen molar-refractivity contribution >= 4 is 17.0 Å². The van der Waals surface area contributed by atoms with Gasteiger partial charge in [-0.25, -0.2) is 0 Å². The topological polar surface area (TPSA) is 32.6 Å². The molecular weight excluding hydrogens is 146 g/mol. The molecule has 0 amide bonds. The molecule has 1 aromatic rings. The lowest BCUT2D eigenvalue weighted by molar-refractivity contribution is 0.317. The quantitative estimate of drug-likeness (QED) is 0.396. The molecule has 0 aliphatic heterocycles. The van der Waals surface area contributed by atoms with E-state index in [9.17, 15) is 0 Å². The first-order valence-electron chi connectivity index (χ1n) is 3.01. The third kappa shape index (κ3) is 1.84. The van der Waals surface area contributed by atoms with E-state index in [1.54, 1.807) is 18.3 Å². The van der Waals surface area contributed by atoms with Gasteiger partial charge in [-0.1, -0.05) is 5.16 Å². The summed E-state index contributed by atoms with van der Waals surface area (Å²) in [4.78, 5) is 0. The second-order valence-electron chi connectivity index (χ2n) is 2.14. The zero-order chi connectivity index (χ0) is 7.40. The summed E-state index contributed by atoms with van der Waals surface area (Å²) in [5, 5.41) is 15.5. The summed E-state index contributed by atoms with van der Waals surface area (Å²) in [5.74, 6) is 0. The van der Waals surface area contributed by atoms with Gasteiger partial charge in [-0.2, -0.15) is 11.3 Å². The number of nitrogens with zero attached hydrogens (tertiary/aromatic N) is 1. The van der Waals surface area contributed by atoms with Crippen molar-refractivity contribution in [2.75, 3.05) is 0 Å². The molecule has 0 radical (unpaired) electrons. The number of hydrogen-bond acceptors (Lipinski definition) is 3. The summed E-state index contributed by atoms with van der Waals surface area (Å²) in [5.41, 5.74) is 1.96. The molecule has 0 bridgehead atoms. The highest BCUT2D eigenvalue weighted by atomic mass is 32.1. The van der Waals surface area contributed by atoms with Gasteiger partial charge in [0.25, 0.3) is 0 Å². The summed E-state index contributed by atoms with van der Waals surface area (Å²) >= 11 is 1.66. The minimum absolute atomic E-state index is 0.749. The molecule has 3 heteroatoms. The van der Waals surface area contributed by atoms with E-state index in [1.807, 2.05) is 11.4 Å². The highest BCUT2D eigenvalue weighted by molar-refractivity contribution is 7.07. The van der Waals surface area contributed by atoms with Crippen LogP contribution in [0.1, 0.15) is 12.5 Å². The second-order valence-corrected chi connectivity index (χ2v) is 2.92. The van der Waals surface area contributed by atoms with Crippen molar-refractivity contribution in [1.82, 2.24) is 0 Å². The normalized spacial score (nSPS) is 11.9. The number of thiophene rings is 1. The lowest BCUT2D eigenvalue weighted by Crippen LogP contribution is -1.94. The molecule has 1 N–H and O–H groups in total. The van der Waals surface area contributed by atoms with Crippen LogP contribution in [0.5, 0.6) is 0 Å². The summed E-state index contributed by atoms with van der Waals surface area (Å²) in [7, 11) is 0. The molecule has 10 heavy (non-hydrogen) atoms. The third-order valence-corrected chi connectivity index (χ3v) is 1.94. The number of rotatable bonds is 2. The van der Waals surface area contributed by atoms with Gasteiger partial charge in [0.1, 0.15) is 0 Å². The molecule has 0 spiro atoms. The van der Waals surface area contributed by atoms with Gasteiger partial charge in [-0.05, 0) is 29.3 Å². The first-order valence-corrected chi connectivity index (χ1v) is 3.96. The van der Waals surface area contributed by atoms with E-state index < -0.39 is 0 Å². The van der Waals surface area contributed by atoms with E-state index in [2.05, 4.69) is 10.5 Å². The Morgan fingerprint density at radius 1 is 1.80 bits per heavy atom. The van der Waals surface area contributed by atoms with Gasteiger partial charge in [0.05, 0.1) is 5.71 Å². The monoisotopic (exact) mass is 155 g/mol. The molecule has 0 unspecified atom stereocenters. The molecule has 0 atom stereocenters. The van der Waals surface area contributed by atoms with Gasteiger partial charge in [0, 0.05) is 6.42 Å². The third-order valence-electron chi connectivity index (χ3n) is 1.21. The highest BCUT2D eigenvalue weighted by Crippen LogP contribution is 2.06. The van der Waals surface area contributed by atoms with Crippen LogP contribution in [0.4, 0.5) is 0 Å². The van der Waals surface area contributed by atoms with Crippen LogP contribution in [0.2, 0.25) is 0 Å². The summed E-state index contributed by atoms with van der Waals surface area (Å²) in [6.07, 6.45) is 0.750. The van der Waals surface area contributed by atoms with Crippen LogP contribution in [-0.2, 0) is 6.42 Å². The largest absolute Gasteiger partial charge is 0.411 e. The zero-order valence-corrected chi connectivity index (χ0v) is 6.56. The van der Waals surface area contributed by atoms with Crippen LogP contribution in [0.3, 0.4) is 0 Å². The summed E-state index contributed by atoms with van der Waals surface area (Å²) in [6, 6.07) is 2.03. The standard InChI is InChI=1S/C7H9NOS/c1-6(8-9)4-7-2-3-10-5-7/h2-3,5,9H,4H2,1H3/b8-6-. The van der Waals surface area contributed by atoms with Gasteiger partial charge < -0.3 is 5.21 Å². The van der Waals surface area contributed by atoms with E-state index in [1.165, 1.54) is 5.56 Å². The Morgan fingerprint density at radius 2 is 2.60 bits per heavy atom. The summed E-state index contributed by atoms with van der Waals surface area (Å²) < 4.78 is 0. The van der Waals surface area contributed by atoms with Crippen LogP contribution < -0.4 is 0 Å². The number of hydrogen-bond donors (Lipinski definition) is 1. The predicted octanol–water partition coefficient (Wildman–Crippen LogP) is 2.14. The van der Waals surface area contributed by atoms with Gasteiger partial charge in [0.2, 0.25) is 0 Å². The van der Waals surface area contributed by atoms with Crippen molar-refractivity contribution in [1.29, 1.82) is 0 Å².